The molecule has 3 aromatic heterocycles. The van der Waals surface area contributed by atoms with Gasteiger partial charge in [-0.05, 0) is 33.1 Å². The van der Waals surface area contributed by atoms with Crippen LogP contribution in [0.1, 0.15) is 51.8 Å². The fourth-order valence-electron chi connectivity index (χ4n) is 5.15. The zero-order valence-corrected chi connectivity index (χ0v) is 19.0. The van der Waals surface area contributed by atoms with Gasteiger partial charge in [-0.25, -0.2) is 24.9 Å². The maximum Gasteiger partial charge on any atom is 0.245 e. The number of hydrogen-bond acceptors (Lipinski definition) is 7. The third-order valence-electron chi connectivity index (χ3n) is 6.93. The topological polar surface area (TPSA) is 102 Å². The quantitative estimate of drug-likeness (QED) is 0.635. The number of imidazole rings is 1. The van der Waals surface area contributed by atoms with Crippen LogP contribution in [0.4, 0.5) is 5.82 Å². The summed E-state index contributed by atoms with van der Waals surface area (Å²) in [5, 5.41) is 3.38. The SMILES string of the molecule is CCC(Nc1ncnc2c1nc(-c1cnc(C)nc1)n2CC)C(=O)N1CC2(CCCC2)C1. The number of rotatable bonds is 6. The second-order valence-corrected chi connectivity index (χ2v) is 9.10. The number of anilines is 1. The van der Waals surface area contributed by atoms with Gasteiger partial charge in [0.25, 0.3) is 0 Å². The van der Waals surface area contributed by atoms with Gasteiger partial charge in [0.1, 0.15) is 24.0 Å². The molecule has 2 fully saturated rings. The molecule has 0 radical (unpaired) electrons. The highest BCUT2D eigenvalue weighted by Gasteiger charge is 2.47. The molecule has 1 unspecified atom stereocenters. The number of aromatic nitrogens is 6. The van der Waals surface area contributed by atoms with Crippen LogP contribution in [0.25, 0.3) is 22.6 Å². The number of hydrogen-bond donors (Lipinski definition) is 1. The molecule has 0 aromatic carbocycles. The van der Waals surface area contributed by atoms with Gasteiger partial charge in [0, 0.05) is 37.4 Å². The van der Waals surface area contributed by atoms with E-state index in [0.29, 0.717) is 35.5 Å². The number of aryl methyl sites for hydroxylation is 2. The fourth-order valence-corrected chi connectivity index (χ4v) is 5.15. The van der Waals surface area contributed by atoms with Crippen molar-refractivity contribution in [2.45, 2.75) is 65.5 Å². The fraction of sp³-hybridized carbons (Fsp3) is 0.565. The molecular formula is C23H30N8O. The van der Waals surface area contributed by atoms with Gasteiger partial charge in [-0.15, -0.1) is 0 Å². The van der Waals surface area contributed by atoms with E-state index in [2.05, 4.69) is 32.2 Å². The van der Waals surface area contributed by atoms with E-state index in [1.807, 2.05) is 23.3 Å². The van der Waals surface area contributed by atoms with Crippen LogP contribution in [0.5, 0.6) is 0 Å². The second kappa shape index (κ2) is 8.11. The Morgan fingerprint density at radius 2 is 1.84 bits per heavy atom. The van der Waals surface area contributed by atoms with Crippen molar-refractivity contribution in [2.24, 2.45) is 5.41 Å². The average molecular weight is 435 g/mol. The number of nitrogens with one attached hydrogen (secondary N) is 1. The molecule has 1 saturated carbocycles. The predicted molar refractivity (Wildman–Crippen MR) is 122 cm³/mol. The van der Waals surface area contributed by atoms with Crippen LogP contribution in [-0.2, 0) is 11.3 Å². The number of likely N-dealkylation sites (tertiary alicyclic amines) is 1. The van der Waals surface area contributed by atoms with E-state index in [9.17, 15) is 4.79 Å². The number of carbonyl (C=O) groups is 1. The van der Waals surface area contributed by atoms with Gasteiger partial charge in [0.2, 0.25) is 5.91 Å². The van der Waals surface area contributed by atoms with Crippen LogP contribution in [0.15, 0.2) is 18.7 Å². The Bertz CT molecular complexity index is 1120. The third-order valence-corrected chi connectivity index (χ3v) is 6.93. The number of carbonyl (C=O) groups excluding carboxylic acids is 1. The summed E-state index contributed by atoms with van der Waals surface area (Å²) >= 11 is 0. The minimum absolute atomic E-state index is 0.152. The van der Waals surface area contributed by atoms with Crippen molar-refractivity contribution in [3.63, 3.8) is 0 Å². The van der Waals surface area contributed by atoms with Gasteiger partial charge >= 0.3 is 0 Å². The first-order chi connectivity index (χ1) is 15.5. The smallest absolute Gasteiger partial charge is 0.245 e. The Morgan fingerprint density at radius 3 is 2.50 bits per heavy atom. The Kier molecular flexibility index (Phi) is 5.27. The van der Waals surface area contributed by atoms with Crippen molar-refractivity contribution in [2.75, 3.05) is 18.4 Å². The zero-order valence-electron chi connectivity index (χ0n) is 19.0. The molecule has 2 aliphatic rings. The van der Waals surface area contributed by atoms with E-state index in [0.717, 1.165) is 30.1 Å². The lowest BCUT2D eigenvalue weighted by Gasteiger charge is -2.49. The normalized spacial score (nSPS) is 18.2. The average Bonchev–Trinajstić information content (AvgIpc) is 3.42. The molecule has 3 aromatic rings. The molecular weight excluding hydrogens is 404 g/mol. The van der Waals surface area contributed by atoms with Crippen molar-refractivity contribution in [3.8, 4) is 11.4 Å². The summed E-state index contributed by atoms with van der Waals surface area (Å²) in [7, 11) is 0. The Morgan fingerprint density at radius 1 is 1.12 bits per heavy atom. The summed E-state index contributed by atoms with van der Waals surface area (Å²) in [6.45, 7) is 8.42. The van der Waals surface area contributed by atoms with E-state index in [-0.39, 0.29) is 11.9 Å². The van der Waals surface area contributed by atoms with Crippen LogP contribution >= 0.6 is 0 Å². The lowest BCUT2D eigenvalue weighted by molar-refractivity contribution is -0.144. The minimum atomic E-state index is -0.329. The van der Waals surface area contributed by atoms with Gasteiger partial charge in [-0.3, -0.25) is 4.79 Å². The lowest BCUT2D eigenvalue weighted by Crippen LogP contribution is -2.60. The molecule has 1 atom stereocenters. The van der Waals surface area contributed by atoms with Crippen LogP contribution in [0.3, 0.4) is 0 Å². The molecule has 9 nitrogen and oxygen atoms in total. The maximum atomic E-state index is 13.2. The van der Waals surface area contributed by atoms with E-state index in [1.54, 1.807) is 12.4 Å². The van der Waals surface area contributed by atoms with Crippen LogP contribution < -0.4 is 5.32 Å². The molecule has 1 N–H and O–H groups in total. The first-order valence-electron chi connectivity index (χ1n) is 11.6. The highest BCUT2D eigenvalue weighted by Crippen LogP contribution is 2.45. The summed E-state index contributed by atoms with van der Waals surface area (Å²) in [4.78, 5) is 37.6. The molecule has 4 heterocycles. The predicted octanol–water partition coefficient (Wildman–Crippen LogP) is 3.20. The van der Waals surface area contributed by atoms with Crippen molar-refractivity contribution < 1.29 is 4.79 Å². The Balaban J connectivity index is 1.42. The molecule has 9 heteroatoms. The molecule has 168 valence electrons. The van der Waals surface area contributed by atoms with Crippen LogP contribution in [0, 0.1) is 12.3 Å². The summed E-state index contributed by atoms with van der Waals surface area (Å²) < 4.78 is 2.03. The maximum absolute atomic E-state index is 13.2. The Labute approximate surface area is 187 Å². The van der Waals surface area contributed by atoms with Gasteiger partial charge < -0.3 is 14.8 Å². The molecule has 5 rings (SSSR count). The van der Waals surface area contributed by atoms with E-state index in [4.69, 9.17) is 4.98 Å². The summed E-state index contributed by atoms with van der Waals surface area (Å²) in [6.07, 6.45) is 10.9. The summed E-state index contributed by atoms with van der Waals surface area (Å²) in [6, 6.07) is -0.329. The monoisotopic (exact) mass is 434 g/mol. The van der Waals surface area contributed by atoms with E-state index < -0.39 is 0 Å². The standard InChI is InChI=1S/C23H30N8O/c1-4-17(22(32)30-12-23(13-30)8-6-7-9-23)28-19-18-21(27-14-26-19)31(5-2)20(29-18)16-10-24-15(3)25-11-16/h10-11,14,17H,4-9,12-13H2,1-3H3,(H,26,27,28). The number of nitrogens with zero attached hydrogens (tertiary/aromatic N) is 7. The molecule has 1 amide bonds. The summed E-state index contributed by atoms with van der Waals surface area (Å²) in [5.74, 6) is 2.20. The molecule has 32 heavy (non-hydrogen) atoms. The highest BCUT2D eigenvalue weighted by molar-refractivity contribution is 5.90. The first kappa shape index (κ1) is 20.8. The van der Waals surface area contributed by atoms with Crippen LogP contribution in [0.2, 0.25) is 0 Å². The van der Waals surface area contributed by atoms with E-state index in [1.165, 1.54) is 32.0 Å². The molecule has 1 aliphatic heterocycles. The minimum Gasteiger partial charge on any atom is -0.356 e. The van der Waals surface area contributed by atoms with Gasteiger partial charge in [-0.1, -0.05) is 19.8 Å². The first-order valence-corrected chi connectivity index (χ1v) is 11.6. The third kappa shape index (κ3) is 3.49. The van der Waals surface area contributed by atoms with Crippen LogP contribution in [-0.4, -0.2) is 59.4 Å². The molecule has 0 bridgehead atoms. The Hall–Kier alpha value is -3.10. The largest absolute Gasteiger partial charge is 0.356 e. The van der Waals surface area contributed by atoms with Gasteiger partial charge in [-0.2, -0.15) is 0 Å². The lowest BCUT2D eigenvalue weighted by atomic mass is 9.78. The molecule has 1 saturated heterocycles. The molecule has 1 spiro atoms. The van der Waals surface area contributed by atoms with Gasteiger partial charge in [0.05, 0.1) is 5.56 Å². The van der Waals surface area contributed by atoms with Crippen molar-refractivity contribution in [1.29, 1.82) is 0 Å². The van der Waals surface area contributed by atoms with Gasteiger partial charge in [0.15, 0.2) is 17.0 Å². The second-order valence-electron chi connectivity index (χ2n) is 9.10. The van der Waals surface area contributed by atoms with Crippen molar-refractivity contribution in [3.05, 3.63) is 24.5 Å². The number of amides is 1. The van der Waals surface area contributed by atoms with E-state index >= 15 is 0 Å². The molecule has 1 aliphatic carbocycles. The summed E-state index contributed by atoms with van der Waals surface area (Å²) in [5.41, 5.74) is 2.61. The van der Waals surface area contributed by atoms with Crippen molar-refractivity contribution in [1.82, 2.24) is 34.4 Å². The van der Waals surface area contributed by atoms with Crippen molar-refractivity contribution >= 4 is 22.9 Å². The highest BCUT2D eigenvalue weighted by atomic mass is 16.2. The zero-order chi connectivity index (χ0) is 22.3. The number of fused-ring (bicyclic) bond motifs is 1.